The van der Waals surface area contributed by atoms with Crippen LogP contribution in [-0.2, 0) is 0 Å². The lowest BCUT2D eigenvalue weighted by molar-refractivity contribution is 1.74. The third kappa shape index (κ3) is 2.02. The van der Waals surface area contributed by atoms with Gasteiger partial charge in [0.05, 0.1) is 15.8 Å². The minimum absolute atomic E-state index is 0.317. The fourth-order valence-electron chi connectivity index (χ4n) is 0.682. The molecule has 0 aromatic carbocycles. The highest BCUT2D eigenvalue weighted by molar-refractivity contribution is 6.60. The Morgan fingerprint density at radius 3 is 1.75 bits per heavy atom. The normalized spacial score (nSPS) is 17.0. The van der Waals surface area contributed by atoms with Gasteiger partial charge in [-0.15, -0.1) is 0 Å². The van der Waals surface area contributed by atoms with Gasteiger partial charge in [0.15, 0.2) is 0 Å². The van der Waals surface area contributed by atoms with Crippen molar-refractivity contribution in [1.29, 1.82) is 0 Å². The van der Waals surface area contributed by atoms with Crippen molar-refractivity contribution in [3.8, 4) is 0 Å². The molecule has 1 rings (SSSR count). The predicted octanol–water partition coefficient (Wildman–Crippen LogP) is 3.44. The third-order valence-corrected chi connectivity index (χ3v) is 2.12. The molecular weight excluding hydrogens is 242 g/mol. The summed E-state index contributed by atoms with van der Waals surface area (Å²) in [5.74, 6) is 0. The average Bonchev–Trinajstić information content (AvgIpc) is 2.03. The molecule has 2 nitrogen and oxygen atoms in total. The topological polar surface area (TPSA) is 24.7 Å². The highest BCUT2D eigenvalue weighted by Gasteiger charge is 2.15. The van der Waals surface area contributed by atoms with E-state index in [1.807, 2.05) is 0 Å². The molecule has 0 unspecified atom stereocenters. The van der Waals surface area contributed by atoms with Crippen LogP contribution >= 0.6 is 46.8 Å². The Hall–Kier alpha value is -0.0200. The van der Waals surface area contributed by atoms with Gasteiger partial charge in [0.25, 0.3) is 0 Å². The SMILES string of the molecule is ClN=C1C=C(Cl)C(=NCl)C(Cl)=C1. The highest BCUT2D eigenvalue weighted by Crippen LogP contribution is 2.21. The van der Waals surface area contributed by atoms with Crippen molar-refractivity contribution in [3.63, 3.8) is 0 Å². The maximum atomic E-state index is 5.73. The van der Waals surface area contributed by atoms with Crippen molar-refractivity contribution in [3.05, 3.63) is 22.2 Å². The van der Waals surface area contributed by atoms with Crippen LogP contribution in [0.1, 0.15) is 0 Å². The summed E-state index contributed by atoms with van der Waals surface area (Å²) in [6.45, 7) is 0. The summed E-state index contributed by atoms with van der Waals surface area (Å²) in [5.41, 5.74) is 0.791. The molecule has 1 aliphatic carbocycles. The molecule has 0 fully saturated rings. The van der Waals surface area contributed by atoms with E-state index in [0.29, 0.717) is 21.5 Å². The van der Waals surface area contributed by atoms with Crippen molar-refractivity contribution in [1.82, 2.24) is 0 Å². The summed E-state index contributed by atoms with van der Waals surface area (Å²) in [4.78, 5) is 0. The predicted molar refractivity (Wildman–Crippen MR) is 54.4 cm³/mol. The van der Waals surface area contributed by atoms with E-state index in [1.54, 1.807) is 0 Å². The van der Waals surface area contributed by atoms with Crippen LogP contribution in [0.2, 0.25) is 0 Å². The number of hydrogen-bond acceptors (Lipinski definition) is 2. The summed E-state index contributed by atoms with van der Waals surface area (Å²) in [7, 11) is 0. The van der Waals surface area contributed by atoms with Crippen molar-refractivity contribution in [2.75, 3.05) is 0 Å². The Morgan fingerprint density at radius 2 is 1.42 bits per heavy atom. The molecule has 0 aromatic heterocycles. The van der Waals surface area contributed by atoms with E-state index in [1.165, 1.54) is 12.2 Å². The summed E-state index contributed by atoms with van der Waals surface area (Å²) in [5, 5.41) is 0.633. The van der Waals surface area contributed by atoms with Gasteiger partial charge < -0.3 is 0 Å². The van der Waals surface area contributed by atoms with Gasteiger partial charge in [-0.05, 0) is 12.2 Å². The molecule has 64 valence electrons. The van der Waals surface area contributed by atoms with Crippen LogP contribution in [0, 0.1) is 0 Å². The molecule has 0 saturated heterocycles. The standard InChI is InChI=1S/C6H2Cl4N2/c7-4-1-3(11-9)2-5(8)6(4)12-10/h1-2H. The van der Waals surface area contributed by atoms with Crippen LogP contribution in [0.5, 0.6) is 0 Å². The zero-order chi connectivity index (χ0) is 9.14. The van der Waals surface area contributed by atoms with Crippen molar-refractivity contribution in [2.24, 2.45) is 9.02 Å². The Labute approximate surface area is 89.4 Å². The molecule has 6 heteroatoms. The molecule has 0 amide bonds. The van der Waals surface area contributed by atoms with Gasteiger partial charge in [0, 0.05) is 23.6 Å². The lowest BCUT2D eigenvalue weighted by Crippen LogP contribution is -2.07. The van der Waals surface area contributed by atoms with Crippen LogP contribution < -0.4 is 0 Å². The first-order valence-corrected chi connectivity index (χ1v) is 4.25. The number of rotatable bonds is 0. The quantitative estimate of drug-likeness (QED) is 0.583. The van der Waals surface area contributed by atoms with Crippen molar-refractivity contribution in [2.45, 2.75) is 0 Å². The smallest absolute Gasteiger partial charge is 0.115 e. The monoisotopic (exact) mass is 242 g/mol. The Morgan fingerprint density at radius 1 is 0.917 bits per heavy atom. The second kappa shape index (κ2) is 4.28. The fourth-order valence-corrected chi connectivity index (χ4v) is 1.61. The second-order valence-electron chi connectivity index (χ2n) is 1.93. The molecule has 0 atom stereocenters. The Kier molecular flexibility index (Phi) is 3.59. The van der Waals surface area contributed by atoms with Gasteiger partial charge in [0.1, 0.15) is 5.71 Å². The first-order valence-electron chi connectivity index (χ1n) is 2.82. The average molecular weight is 244 g/mol. The first kappa shape index (κ1) is 10.1. The molecule has 0 heterocycles. The van der Waals surface area contributed by atoms with Crippen molar-refractivity contribution < 1.29 is 0 Å². The largest absolute Gasteiger partial charge is 0.178 e. The molecule has 0 spiro atoms. The fraction of sp³-hybridized carbons (Fsp3) is 0. The molecule has 0 aliphatic heterocycles. The molecule has 12 heavy (non-hydrogen) atoms. The maximum Gasteiger partial charge on any atom is 0.115 e. The van der Waals surface area contributed by atoms with E-state index < -0.39 is 0 Å². The minimum atomic E-state index is 0.317. The minimum Gasteiger partial charge on any atom is -0.178 e. The van der Waals surface area contributed by atoms with E-state index in [2.05, 4.69) is 9.02 Å². The summed E-state index contributed by atoms with van der Waals surface area (Å²) < 4.78 is 6.75. The van der Waals surface area contributed by atoms with Crippen LogP contribution in [0.3, 0.4) is 0 Å². The van der Waals surface area contributed by atoms with E-state index in [9.17, 15) is 0 Å². The molecular formula is C6H2Cl4N2. The van der Waals surface area contributed by atoms with Crippen LogP contribution in [0.4, 0.5) is 0 Å². The van der Waals surface area contributed by atoms with Gasteiger partial charge in [-0.3, -0.25) is 0 Å². The zero-order valence-corrected chi connectivity index (χ0v) is 8.58. The summed E-state index contributed by atoms with van der Waals surface area (Å²) in [6.07, 6.45) is 3.03. The van der Waals surface area contributed by atoms with E-state index in [0.717, 1.165) is 0 Å². The lowest BCUT2D eigenvalue weighted by Gasteiger charge is -2.06. The van der Waals surface area contributed by atoms with E-state index in [-0.39, 0.29) is 0 Å². The lowest BCUT2D eigenvalue weighted by atomic mass is 10.1. The second-order valence-corrected chi connectivity index (χ2v) is 3.08. The number of hydrogen-bond donors (Lipinski definition) is 0. The Bertz CT molecular complexity index is 290. The first-order chi connectivity index (χ1) is 5.69. The van der Waals surface area contributed by atoms with Gasteiger partial charge in [0.2, 0.25) is 0 Å². The van der Waals surface area contributed by atoms with Crippen molar-refractivity contribution >= 4 is 58.2 Å². The highest BCUT2D eigenvalue weighted by atomic mass is 35.5. The van der Waals surface area contributed by atoms with Gasteiger partial charge >= 0.3 is 0 Å². The molecule has 0 aromatic rings. The summed E-state index contributed by atoms with van der Waals surface area (Å²) in [6, 6.07) is 0. The molecule has 0 N–H and O–H groups in total. The van der Waals surface area contributed by atoms with Gasteiger partial charge in [-0.25, -0.2) is 0 Å². The van der Waals surface area contributed by atoms with Gasteiger partial charge in [-0.1, -0.05) is 23.2 Å². The zero-order valence-electron chi connectivity index (χ0n) is 5.56. The number of nitrogens with zero attached hydrogens (tertiary/aromatic N) is 2. The molecule has 0 bridgehead atoms. The summed E-state index contributed by atoms with van der Waals surface area (Å²) >= 11 is 21.9. The molecule has 1 aliphatic rings. The number of halogens is 4. The third-order valence-electron chi connectivity index (χ3n) is 1.18. The molecule has 0 radical (unpaired) electrons. The van der Waals surface area contributed by atoms with E-state index in [4.69, 9.17) is 46.8 Å². The number of allylic oxidation sites excluding steroid dienone is 4. The van der Waals surface area contributed by atoms with Crippen LogP contribution in [0.25, 0.3) is 0 Å². The van der Waals surface area contributed by atoms with Gasteiger partial charge in [-0.2, -0.15) is 9.02 Å². The maximum absolute atomic E-state index is 5.73. The molecule has 0 saturated carbocycles. The van der Waals surface area contributed by atoms with Crippen LogP contribution in [-0.4, -0.2) is 11.4 Å². The van der Waals surface area contributed by atoms with Crippen LogP contribution in [0.15, 0.2) is 31.2 Å². The van der Waals surface area contributed by atoms with E-state index >= 15 is 0 Å². The Balaban J connectivity index is 3.12.